The molecule has 190 valence electrons. The Bertz CT molecular complexity index is 1340. The Kier molecular flexibility index (Phi) is 7.94. The fraction of sp³-hybridized carbons (Fsp3) is 0.280. The van der Waals surface area contributed by atoms with Crippen molar-refractivity contribution in [1.29, 1.82) is 0 Å². The minimum atomic E-state index is -1.01. The third-order valence-corrected chi connectivity index (χ3v) is 7.92. The molecule has 0 spiro atoms. The maximum Gasteiger partial charge on any atom is 0.270 e. The molecule has 0 amide bonds. The molecule has 11 heteroatoms. The lowest BCUT2D eigenvalue weighted by Crippen LogP contribution is -2.28. The van der Waals surface area contributed by atoms with Gasteiger partial charge in [0, 0.05) is 28.9 Å². The summed E-state index contributed by atoms with van der Waals surface area (Å²) in [7, 11) is 0. The van der Waals surface area contributed by atoms with Crippen LogP contribution >= 0.6 is 23.5 Å². The number of halogens is 2. The minimum absolute atomic E-state index is 0.152. The van der Waals surface area contributed by atoms with Crippen molar-refractivity contribution in [2.45, 2.75) is 45.7 Å². The Labute approximate surface area is 217 Å². The first kappa shape index (κ1) is 27.4. The Morgan fingerprint density at radius 2 is 1.39 bits per heavy atom. The summed E-state index contributed by atoms with van der Waals surface area (Å²) in [5.74, 6) is -0.804. The van der Waals surface area contributed by atoms with Gasteiger partial charge in [0.05, 0.1) is 9.97 Å². The Hall–Kier alpha value is -3.18. The summed E-state index contributed by atoms with van der Waals surface area (Å²) in [6.07, 6.45) is 0. The van der Waals surface area contributed by atoms with Gasteiger partial charge in [-0.2, -0.15) is 0 Å². The van der Waals surface area contributed by atoms with Crippen LogP contribution in [0.15, 0.2) is 68.3 Å². The predicted octanol–water partition coefficient (Wildman–Crippen LogP) is 6.61. The molecule has 2 aromatic rings. The van der Waals surface area contributed by atoms with Crippen LogP contribution in [-0.2, 0) is 11.1 Å². The predicted molar refractivity (Wildman–Crippen MR) is 146 cm³/mol. The summed E-state index contributed by atoms with van der Waals surface area (Å²) >= 11 is 2.82. The van der Waals surface area contributed by atoms with E-state index < -0.39 is 21.8 Å². The molecule has 7 nitrogen and oxygen atoms in total. The van der Waals surface area contributed by atoms with E-state index in [1.165, 1.54) is 23.9 Å². The summed E-state index contributed by atoms with van der Waals surface area (Å²) < 4.78 is 27.9. The largest absolute Gasteiger partial charge is 0.399 e. The van der Waals surface area contributed by atoms with Gasteiger partial charge in [-0.25, -0.2) is 13.8 Å². The van der Waals surface area contributed by atoms with Crippen LogP contribution < -0.4 is 11.5 Å². The van der Waals surface area contributed by atoms with E-state index in [9.17, 15) is 18.9 Å². The first-order valence-corrected chi connectivity index (χ1v) is 12.6. The third-order valence-electron chi connectivity index (χ3n) is 6.21. The molecule has 2 heterocycles. The number of amidine groups is 1. The van der Waals surface area contributed by atoms with E-state index in [-0.39, 0.29) is 17.1 Å². The highest BCUT2D eigenvalue weighted by molar-refractivity contribution is 8.16. The van der Waals surface area contributed by atoms with Crippen LogP contribution in [0.1, 0.15) is 45.7 Å². The lowest BCUT2D eigenvalue weighted by atomic mass is 9.85. The molecule has 2 aliphatic heterocycles. The molecule has 0 bridgehead atoms. The first-order valence-electron chi connectivity index (χ1n) is 10.9. The number of anilines is 1. The molecule has 2 aliphatic rings. The van der Waals surface area contributed by atoms with Crippen LogP contribution in [-0.4, -0.2) is 15.1 Å². The first-order chi connectivity index (χ1) is 16.8. The Balaban J connectivity index is 0.000000202. The van der Waals surface area contributed by atoms with Gasteiger partial charge in [0.1, 0.15) is 22.7 Å². The number of rotatable bonds is 3. The van der Waals surface area contributed by atoms with Crippen molar-refractivity contribution in [1.82, 2.24) is 0 Å². The van der Waals surface area contributed by atoms with Crippen LogP contribution in [0.5, 0.6) is 0 Å². The summed E-state index contributed by atoms with van der Waals surface area (Å²) in [6.45, 7) is 9.29. The molecule has 36 heavy (non-hydrogen) atoms. The van der Waals surface area contributed by atoms with Gasteiger partial charge in [-0.15, -0.1) is 0 Å². The number of nitro groups is 1. The van der Waals surface area contributed by atoms with Gasteiger partial charge in [-0.3, -0.25) is 15.1 Å². The number of non-ortho nitro benzene ring substituents is 1. The number of benzene rings is 2. The Morgan fingerprint density at radius 3 is 2.00 bits per heavy atom. The zero-order valence-corrected chi connectivity index (χ0v) is 22.1. The molecule has 4 N–H and O–H groups in total. The quantitative estimate of drug-likeness (QED) is 0.261. The highest BCUT2D eigenvalue weighted by Gasteiger charge is 2.35. The summed E-state index contributed by atoms with van der Waals surface area (Å²) in [5.41, 5.74) is 12.6. The summed E-state index contributed by atoms with van der Waals surface area (Å²) in [4.78, 5) is 19.1. The van der Waals surface area contributed by atoms with Crippen molar-refractivity contribution in [2.24, 2.45) is 15.7 Å². The van der Waals surface area contributed by atoms with E-state index >= 15 is 0 Å². The Morgan fingerprint density at radius 1 is 0.861 bits per heavy atom. The van der Waals surface area contributed by atoms with Crippen molar-refractivity contribution < 1.29 is 13.7 Å². The van der Waals surface area contributed by atoms with Gasteiger partial charge in [0.25, 0.3) is 5.69 Å². The van der Waals surface area contributed by atoms with Gasteiger partial charge < -0.3 is 11.5 Å². The number of nitrogens with zero attached hydrogens (tertiary/aromatic N) is 3. The number of hydrogen-bond acceptors (Lipinski definition) is 8. The van der Waals surface area contributed by atoms with Crippen molar-refractivity contribution >= 4 is 45.1 Å². The van der Waals surface area contributed by atoms with Gasteiger partial charge >= 0.3 is 0 Å². The topological polar surface area (TPSA) is 120 Å². The summed E-state index contributed by atoms with van der Waals surface area (Å²) in [6, 6.07) is 8.05. The number of thioether (sulfide) groups is 2. The zero-order valence-electron chi connectivity index (χ0n) is 20.5. The van der Waals surface area contributed by atoms with Crippen molar-refractivity contribution in [2.75, 3.05) is 5.73 Å². The molecule has 0 aliphatic carbocycles. The highest BCUT2D eigenvalue weighted by atomic mass is 32.2. The van der Waals surface area contributed by atoms with Gasteiger partial charge in [-0.05, 0) is 80.8 Å². The molecule has 0 fully saturated rings. The number of aliphatic imine (C=N–C) groups is 2. The second-order valence-electron chi connectivity index (χ2n) is 8.72. The number of nitrogens with two attached hydrogens (primary N) is 2. The van der Waals surface area contributed by atoms with Crippen LogP contribution in [0, 0.1) is 21.7 Å². The highest BCUT2D eigenvalue weighted by Crippen LogP contribution is 2.41. The van der Waals surface area contributed by atoms with Crippen LogP contribution in [0.2, 0.25) is 0 Å². The van der Waals surface area contributed by atoms with Gasteiger partial charge in [-0.1, -0.05) is 23.5 Å². The molecule has 0 radical (unpaired) electrons. The maximum atomic E-state index is 14.0. The lowest BCUT2D eigenvalue weighted by molar-refractivity contribution is -0.385. The number of hydrogen-bond donors (Lipinski definition) is 2. The molecular weight excluding hydrogens is 504 g/mol. The van der Waals surface area contributed by atoms with Crippen LogP contribution in [0.4, 0.5) is 20.2 Å². The standard InChI is InChI=1S/C13H15FN2S.C12H12FN3O2S/c1-8-7-17-9(2)16-13(8,3)11-6-10(15)4-5-12(11)14;1-7-6-19-11(14)15-12(7,2)9-5-8(16(17)18)3-4-10(9)13/h4-7H,15H2,1-3H3;3-6H,1-2H3,(H2,14,15)/t13-;12-/m00/s1. The number of nitrogen functional groups attached to an aromatic ring is 1. The molecule has 0 aromatic heterocycles. The van der Waals surface area contributed by atoms with Crippen molar-refractivity contribution in [3.63, 3.8) is 0 Å². The van der Waals surface area contributed by atoms with E-state index in [4.69, 9.17) is 11.5 Å². The second-order valence-corrected chi connectivity index (χ2v) is 10.7. The van der Waals surface area contributed by atoms with E-state index in [1.54, 1.807) is 43.2 Å². The molecule has 2 atom stereocenters. The van der Waals surface area contributed by atoms with E-state index in [0.29, 0.717) is 16.4 Å². The maximum absolute atomic E-state index is 14.0. The van der Waals surface area contributed by atoms with E-state index in [1.807, 2.05) is 26.2 Å². The molecule has 2 aromatic carbocycles. The fourth-order valence-corrected chi connectivity index (χ4v) is 5.35. The molecular formula is C25H27F2N5O2S2. The van der Waals surface area contributed by atoms with E-state index in [2.05, 4.69) is 9.98 Å². The molecule has 0 saturated carbocycles. The molecule has 0 saturated heterocycles. The van der Waals surface area contributed by atoms with Gasteiger partial charge in [0.15, 0.2) is 5.17 Å². The number of nitro benzene ring substituents is 1. The SMILES string of the molecule is CC1=CSC(C)=N[C@]1(C)c1cc(N)ccc1F.CC1=CSC(N)=N[C@]1(C)c1cc([N+](=O)[O-])ccc1F. The smallest absolute Gasteiger partial charge is 0.270 e. The van der Waals surface area contributed by atoms with Crippen LogP contribution in [0.25, 0.3) is 0 Å². The van der Waals surface area contributed by atoms with Crippen molar-refractivity contribution in [3.05, 3.63) is 91.2 Å². The molecule has 0 unspecified atom stereocenters. The van der Waals surface area contributed by atoms with E-state index in [0.717, 1.165) is 28.3 Å². The van der Waals surface area contributed by atoms with Crippen LogP contribution in [0.3, 0.4) is 0 Å². The van der Waals surface area contributed by atoms with Crippen molar-refractivity contribution in [3.8, 4) is 0 Å². The zero-order chi connectivity index (χ0) is 26.8. The molecule has 4 rings (SSSR count). The fourth-order valence-electron chi connectivity index (χ4n) is 3.78. The average molecular weight is 532 g/mol. The average Bonchev–Trinajstić information content (AvgIpc) is 2.81. The second kappa shape index (κ2) is 10.4. The lowest BCUT2D eigenvalue weighted by Gasteiger charge is -2.31. The summed E-state index contributed by atoms with van der Waals surface area (Å²) in [5, 5.41) is 15.8. The minimum Gasteiger partial charge on any atom is -0.399 e. The third kappa shape index (κ3) is 5.46. The normalized spacial score (nSPS) is 23.4. The van der Waals surface area contributed by atoms with Gasteiger partial charge in [0.2, 0.25) is 0 Å². The monoisotopic (exact) mass is 531 g/mol.